The molecule has 5 atom stereocenters. The van der Waals surface area contributed by atoms with Gasteiger partial charge in [0.05, 0.1) is 12.7 Å². The molecule has 21 heavy (non-hydrogen) atoms. The standard InChI is InChI=1S/C18H28N2O/c1-12-9-17(20-10-14(3)21-11-13(20)2)18(19-4)16-8-6-5-7-15(12)16/h5-8,12-14,17-19H,9-11H2,1-4H3. The van der Waals surface area contributed by atoms with E-state index in [1.54, 1.807) is 0 Å². The van der Waals surface area contributed by atoms with Gasteiger partial charge in [-0.2, -0.15) is 0 Å². The van der Waals surface area contributed by atoms with Crippen molar-refractivity contribution in [1.82, 2.24) is 10.2 Å². The maximum Gasteiger partial charge on any atom is 0.0674 e. The largest absolute Gasteiger partial charge is 0.376 e. The lowest BCUT2D eigenvalue weighted by atomic mass is 9.77. The summed E-state index contributed by atoms with van der Waals surface area (Å²) < 4.78 is 5.81. The van der Waals surface area contributed by atoms with E-state index in [4.69, 9.17) is 4.74 Å². The van der Waals surface area contributed by atoms with Crippen LogP contribution < -0.4 is 5.32 Å². The molecular formula is C18H28N2O. The molecule has 1 saturated heterocycles. The third-order valence-electron chi connectivity index (χ3n) is 5.23. The minimum absolute atomic E-state index is 0.339. The Morgan fingerprint density at radius 1 is 1.14 bits per heavy atom. The molecule has 3 heteroatoms. The van der Waals surface area contributed by atoms with E-state index in [2.05, 4.69) is 62.3 Å². The lowest BCUT2D eigenvalue weighted by Gasteiger charge is -2.48. The summed E-state index contributed by atoms with van der Waals surface area (Å²) >= 11 is 0. The summed E-state index contributed by atoms with van der Waals surface area (Å²) in [6, 6.07) is 10.4. The fraction of sp³-hybridized carbons (Fsp3) is 0.667. The zero-order valence-electron chi connectivity index (χ0n) is 13.7. The number of ether oxygens (including phenoxy) is 1. The second kappa shape index (κ2) is 6.07. The summed E-state index contributed by atoms with van der Waals surface area (Å²) in [5, 5.41) is 3.58. The van der Waals surface area contributed by atoms with Crippen molar-refractivity contribution in [3.05, 3.63) is 35.4 Å². The van der Waals surface area contributed by atoms with E-state index in [0.29, 0.717) is 30.1 Å². The van der Waals surface area contributed by atoms with Crippen molar-refractivity contribution in [3.8, 4) is 0 Å². The molecule has 0 amide bonds. The van der Waals surface area contributed by atoms with Crippen LogP contribution in [0, 0.1) is 0 Å². The molecule has 1 fully saturated rings. The summed E-state index contributed by atoms with van der Waals surface area (Å²) in [4.78, 5) is 2.67. The van der Waals surface area contributed by atoms with Crippen LogP contribution in [-0.2, 0) is 4.74 Å². The zero-order chi connectivity index (χ0) is 15.0. The molecule has 0 bridgehead atoms. The van der Waals surface area contributed by atoms with Crippen LogP contribution in [0.2, 0.25) is 0 Å². The predicted molar refractivity (Wildman–Crippen MR) is 86.6 cm³/mol. The first-order valence-electron chi connectivity index (χ1n) is 8.25. The Hall–Kier alpha value is -0.900. The van der Waals surface area contributed by atoms with E-state index in [0.717, 1.165) is 13.2 Å². The maximum atomic E-state index is 5.81. The van der Waals surface area contributed by atoms with Gasteiger partial charge in [-0.05, 0) is 44.4 Å². The number of nitrogens with zero attached hydrogens (tertiary/aromatic N) is 1. The molecule has 1 aromatic rings. The Labute approximate surface area is 128 Å². The first-order chi connectivity index (χ1) is 10.1. The molecule has 1 aromatic carbocycles. The highest BCUT2D eigenvalue weighted by molar-refractivity contribution is 5.36. The van der Waals surface area contributed by atoms with Gasteiger partial charge in [0.1, 0.15) is 0 Å². The lowest BCUT2D eigenvalue weighted by Crippen LogP contribution is -2.56. The Morgan fingerprint density at radius 2 is 1.86 bits per heavy atom. The molecule has 1 heterocycles. The van der Waals surface area contributed by atoms with E-state index in [-0.39, 0.29) is 0 Å². The highest BCUT2D eigenvalue weighted by Crippen LogP contribution is 2.40. The number of morpholine rings is 1. The van der Waals surface area contributed by atoms with Crippen LogP contribution in [-0.4, -0.2) is 43.3 Å². The van der Waals surface area contributed by atoms with Crippen LogP contribution in [0.5, 0.6) is 0 Å². The van der Waals surface area contributed by atoms with Crippen molar-refractivity contribution in [2.24, 2.45) is 0 Å². The number of likely N-dealkylation sites (N-methyl/N-ethyl adjacent to an activating group) is 1. The second-order valence-electron chi connectivity index (χ2n) is 6.79. The monoisotopic (exact) mass is 288 g/mol. The normalized spacial score (nSPS) is 37.2. The number of fused-ring (bicyclic) bond motifs is 1. The van der Waals surface area contributed by atoms with Crippen LogP contribution in [0.25, 0.3) is 0 Å². The van der Waals surface area contributed by atoms with Crippen molar-refractivity contribution < 1.29 is 4.74 Å². The van der Waals surface area contributed by atoms with Gasteiger partial charge in [-0.3, -0.25) is 4.90 Å². The Morgan fingerprint density at radius 3 is 2.57 bits per heavy atom. The van der Waals surface area contributed by atoms with Gasteiger partial charge in [-0.1, -0.05) is 31.2 Å². The van der Waals surface area contributed by atoms with Gasteiger partial charge in [0.25, 0.3) is 0 Å². The average molecular weight is 288 g/mol. The molecule has 116 valence electrons. The maximum absolute atomic E-state index is 5.81. The quantitative estimate of drug-likeness (QED) is 0.905. The van der Waals surface area contributed by atoms with Gasteiger partial charge in [-0.25, -0.2) is 0 Å². The molecule has 1 N–H and O–H groups in total. The zero-order valence-corrected chi connectivity index (χ0v) is 13.7. The first kappa shape index (κ1) is 15.0. The first-order valence-corrected chi connectivity index (χ1v) is 8.25. The van der Waals surface area contributed by atoms with Gasteiger partial charge < -0.3 is 10.1 Å². The van der Waals surface area contributed by atoms with Crippen LogP contribution in [0.4, 0.5) is 0 Å². The number of hydrogen-bond acceptors (Lipinski definition) is 3. The minimum Gasteiger partial charge on any atom is -0.376 e. The molecule has 5 unspecified atom stereocenters. The highest BCUT2D eigenvalue weighted by atomic mass is 16.5. The van der Waals surface area contributed by atoms with Crippen LogP contribution in [0.3, 0.4) is 0 Å². The molecule has 0 spiro atoms. The Balaban J connectivity index is 1.92. The van der Waals surface area contributed by atoms with Gasteiger partial charge in [0.15, 0.2) is 0 Å². The second-order valence-corrected chi connectivity index (χ2v) is 6.79. The fourth-order valence-electron chi connectivity index (χ4n) is 4.14. The topological polar surface area (TPSA) is 24.5 Å². The molecule has 2 aliphatic rings. The van der Waals surface area contributed by atoms with Crippen molar-refractivity contribution in [2.75, 3.05) is 20.2 Å². The van der Waals surface area contributed by atoms with Crippen molar-refractivity contribution in [2.45, 2.75) is 57.3 Å². The molecule has 0 saturated carbocycles. The van der Waals surface area contributed by atoms with Crippen molar-refractivity contribution in [1.29, 1.82) is 0 Å². The average Bonchev–Trinajstić information content (AvgIpc) is 2.50. The van der Waals surface area contributed by atoms with Gasteiger partial charge in [-0.15, -0.1) is 0 Å². The molecule has 0 aromatic heterocycles. The number of rotatable bonds is 2. The Bertz CT molecular complexity index is 490. The molecule has 3 rings (SSSR count). The molecule has 1 aliphatic heterocycles. The van der Waals surface area contributed by atoms with Crippen LogP contribution >= 0.6 is 0 Å². The Kier molecular flexibility index (Phi) is 4.34. The van der Waals surface area contributed by atoms with E-state index in [9.17, 15) is 0 Å². The summed E-state index contributed by atoms with van der Waals surface area (Å²) in [6.45, 7) is 8.74. The van der Waals surface area contributed by atoms with Gasteiger partial charge in [0, 0.05) is 24.7 Å². The SMILES string of the molecule is CNC1c2ccccc2C(C)CC1N1CC(C)OCC1C. The summed E-state index contributed by atoms with van der Waals surface area (Å²) in [5.41, 5.74) is 3.00. The number of nitrogens with one attached hydrogen (secondary N) is 1. The van der Waals surface area contributed by atoms with Crippen LogP contribution in [0.15, 0.2) is 24.3 Å². The third-order valence-corrected chi connectivity index (χ3v) is 5.23. The van der Waals surface area contributed by atoms with E-state index < -0.39 is 0 Å². The van der Waals surface area contributed by atoms with E-state index in [1.807, 2.05) is 0 Å². The van der Waals surface area contributed by atoms with Gasteiger partial charge >= 0.3 is 0 Å². The molecule has 3 nitrogen and oxygen atoms in total. The highest BCUT2D eigenvalue weighted by Gasteiger charge is 2.39. The van der Waals surface area contributed by atoms with Gasteiger partial charge in [0.2, 0.25) is 0 Å². The smallest absolute Gasteiger partial charge is 0.0674 e. The van der Waals surface area contributed by atoms with E-state index >= 15 is 0 Å². The summed E-state index contributed by atoms with van der Waals surface area (Å²) in [7, 11) is 2.10. The molecule has 1 aliphatic carbocycles. The lowest BCUT2D eigenvalue weighted by molar-refractivity contribution is -0.0748. The minimum atomic E-state index is 0.339. The predicted octanol–water partition coefficient (Wildman–Crippen LogP) is 2.93. The fourth-order valence-corrected chi connectivity index (χ4v) is 4.14. The summed E-state index contributed by atoms with van der Waals surface area (Å²) in [6.07, 6.45) is 1.56. The molecular weight excluding hydrogens is 260 g/mol. The number of hydrogen-bond donors (Lipinski definition) is 1. The van der Waals surface area contributed by atoms with E-state index in [1.165, 1.54) is 17.5 Å². The van der Waals surface area contributed by atoms with Crippen LogP contribution in [0.1, 0.15) is 50.3 Å². The number of benzene rings is 1. The molecule has 0 radical (unpaired) electrons. The van der Waals surface area contributed by atoms with Crippen molar-refractivity contribution in [3.63, 3.8) is 0 Å². The summed E-state index contributed by atoms with van der Waals surface area (Å²) in [5.74, 6) is 0.626. The third kappa shape index (κ3) is 2.75. The van der Waals surface area contributed by atoms with Crippen molar-refractivity contribution >= 4 is 0 Å².